The smallest absolute Gasteiger partial charge is 0.311 e. The lowest BCUT2D eigenvalue weighted by Gasteiger charge is -2.11. The van der Waals surface area contributed by atoms with E-state index in [1.54, 1.807) is 0 Å². The molecule has 0 aliphatic heterocycles. The van der Waals surface area contributed by atoms with Gasteiger partial charge in [0.25, 0.3) is 0 Å². The minimum absolute atomic E-state index is 0.0420. The summed E-state index contributed by atoms with van der Waals surface area (Å²) in [7, 11) is 1.43. The zero-order valence-electron chi connectivity index (χ0n) is 11.2. The molecule has 0 amide bonds. The predicted octanol–water partition coefficient (Wildman–Crippen LogP) is 2.99. The van der Waals surface area contributed by atoms with Crippen LogP contribution < -0.4 is 15.2 Å². The third kappa shape index (κ3) is 3.09. The standard InChI is InChI=1S/C14H13FN2O4/c1-20-9-5-6-12(17(18)19)14(7-9)21-13-4-2-3-11(15)10(13)8-16/h2-7H,8,16H2,1H3. The third-order valence-corrected chi connectivity index (χ3v) is 2.86. The molecule has 0 aliphatic rings. The van der Waals surface area contributed by atoms with E-state index in [4.69, 9.17) is 15.2 Å². The van der Waals surface area contributed by atoms with Crippen molar-refractivity contribution < 1.29 is 18.8 Å². The lowest BCUT2D eigenvalue weighted by atomic mass is 10.2. The van der Waals surface area contributed by atoms with E-state index in [-0.39, 0.29) is 29.3 Å². The van der Waals surface area contributed by atoms with E-state index in [9.17, 15) is 14.5 Å². The Kier molecular flexibility index (Phi) is 4.34. The number of nitro benzene ring substituents is 1. The Balaban J connectivity index is 2.48. The summed E-state index contributed by atoms with van der Waals surface area (Å²) in [6.45, 7) is -0.0836. The minimum atomic E-state index is -0.587. The molecule has 2 rings (SSSR count). The summed E-state index contributed by atoms with van der Waals surface area (Å²) in [5, 5.41) is 11.0. The molecule has 0 radical (unpaired) electrons. The fraction of sp³-hybridized carbons (Fsp3) is 0.143. The summed E-state index contributed by atoms with van der Waals surface area (Å²) >= 11 is 0. The quantitative estimate of drug-likeness (QED) is 0.676. The van der Waals surface area contributed by atoms with Crippen molar-refractivity contribution in [3.63, 3.8) is 0 Å². The second kappa shape index (κ2) is 6.19. The number of ether oxygens (including phenoxy) is 2. The van der Waals surface area contributed by atoms with Gasteiger partial charge in [-0.3, -0.25) is 10.1 Å². The van der Waals surface area contributed by atoms with Gasteiger partial charge in [0.15, 0.2) is 0 Å². The van der Waals surface area contributed by atoms with E-state index in [1.165, 1.54) is 43.5 Å². The summed E-state index contributed by atoms with van der Waals surface area (Å²) in [4.78, 5) is 10.4. The van der Waals surface area contributed by atoms with Crippen molar-refractivity contribution in [3.8, 4) is 17.2 Å². The van der Waals surface area contributed by atoms with Gasteiger partial charge >= 0.3 is 5.69 Å². The average molecular weight is 292 g/mol. The molecule has 6 nitrogen and oxygen atoms in total. The molecule has 21 heavy (non-hydrogen) atoms. The maximum absolute atomic E-state index is 13.6. The molecule has 0 spiro atoms. The maximum Gasteiger partial charge on any atom is 0.311 e. The van der Waals surface area contributed by atoms with Gasteiger partial charge in [-0.1, -0.05) is 6.07 Å². The van der Waals surface area contributed by atoms with Crippen molar-refractivity contribution in [3.05, 3.63) is 57.9 Å². The van der Waals surface area contributed by atoms with Gasteiger partial charge in [-0.25, -0.2) is 4.39 Å². The van der Waals surface area contributed by atoms with E-state index in [0.717, 1.165) is 0 Å². The molecule has 0 bridgehead atoms. The summed E-state index contributed by atoms with van der Waals surface area (Å²) < 4.78 is 24.1. The Hall–Kier alpha value is -2.67. The SMILES string of the molecule is COc1ccc([N+](=O)[O-])c(Oc2cccc(F)c2CN)c1. The fourth-order valence-corrected chi connectivity index (χ4v) is 1.81. The highest BCUT2D eigenvalue weighted by Gasteiger charge is 2.18. The van der Waals surface area contributed by atoms with Crippen LogP contribution in [0.25, 0.3) is 0 Å². The van der Waals surface area contributed by atoms with Gasteiger partial charge in [-0.15, -0.1) is 0 Å². The first-order chi connectivity index (χ1) is 10.1. The zero-order valence-corrected chi connectivity index (χ0v) is 11.2. The molecular formula is C14H13FN2O4. The third-order valence-electron chi connectivity index (χ3n) is 2.86. The van der Waals surface area contributed by atoms with Gasteiger partial charge in [0.2, 0.25) is 5.75 Å². The van der Waals surface area contributed by atoms with Crippen LogP contribution in [0, 0.1) is 15.9 Å². The van der Waals surface area contributed by atoms with Crippen LogP contribution in [-0.2, 0) is 6.54 Å². The van der Waals surface area contributed by atoms with Crippen LogP contribution in [0.4, 0.5) is 10.1 Å². The van der Waals surface area contributed by atoms with Gasteiger partial charge < -0.3 is 15.2 Å². The van der Waals surface area contributed by atoms with Crippen LogP contribution in [-0.4, -0.2) is 12.0 Å². The molecule has 0 unspecified atom stereocenters. The molecule has 0 atom stereocenters. The molecule has 0 saturated heterocycles. The molecule has 7 heteroatoms. The van der Waals surface area contributed by atoms with Crippen LogP contribution in [0.15, 0.2) is 36.4 Å². The van der Waals surface area contributed by atoms with E-state index in [1.807, 2.05) is 0 Å². The molecule has 2 aromatic rings. The zero-order chi connectivity index (χ0) is 15.4. The molecule has 0 aliphatic carbocycles. The van der Waals surface area contributed by atoms with Crippen LogP contribution in [0.5, 0.6) is 17.2 Å². The lowest BCUT2D eigenvalue weighted by molar-refractivity contribution is -0.385. The summed E-state index contributed by atoms with van der Waals surface area (Å²) in [6.07, 6.45) is 0. The summed E-state index contributed by atoms with van der Waals surface area (Å²) in [5.41, 5.74) is 5.38. The highest BCUT2D eigenvalue weighted by Crippen LogP contribution is 2.36. The second-order valence-electron chi connectivity index (χ2n) is 4.11. The topological polar surface area (TPSA) is 87.6 Å². The normalized spacial score (nSPS) is 10.2. The number of hydrogen-bond acceptors (Lipinski definition) is 5. The number of halogens is 1. The molecule has 2 aromatic carbocycles. The monoisotopic (exact) mass is 292 g/mol. The van der Waals surface area contributed by atoms with E-state index in [0.29, 0.717) is 5.75 Å². The van der Waals surface area contributed by atoms with Crippen molar-refractivity contribution >= 4 is 5.69 Å². The van der Waals surface area contributed by atoms with Crippen LogP contribution in [0.2, 0.25) is 0 Å². The predicted molar refractivity (Wildman–Crippen MR) is 74.0 cm³/mol. The van der Waals surface area contributed by atoms with Crippen molar-refractivity contribution in [1.29, 1.82) is 0 Å². The number of rotatable bonds is 5. The summed E-state index contributed by atoms with van der Waals surface area (Å²) in [6, 6.07) is 8.25. The minimum Gasteiger partial charge on any atom is -0.497 e. The first-order valence-corrected chi connectivity index (χ1v) is 6.04. The Bertz CT molecular complexity index is 676. The van der Waals surface area contributed by atoms with Crippen molar-refractivity contribution in [2.45, 2.75) is 6.54 Å². The number of benzene rings is 2. The second-order valence-corrected chi connectivity index (χ2v) is 4.11. The molecule has 0 fully saturated rings. The largest absolute Gasteiger partial charge is 0.497 e. The Morgan fingerprint density at radius 2 is 2.05 bits per heavy atom. The van der Waals surface area contributed by atoms with Crippen molar-refractivity contribution in [2.75, 3.05) is 7.11 Å². The molecule has 110 valence electrons. The van der Waals surface area contributed by atoms with Gasteiger partial charge in [0.05, 0.1) is 12.0 Å². The number of nitrogens with two attached hydrogens (primary N) is 1. The Morgan fingerprint density at radius 3 is 2.67 bits per heavy atom. The van der Waals surface area contributed by atoms with Crippen molar-refractivity contribution in [2.24, 2.45) is 5.73 Å². The first kappa shape index (κ1) is 14.7. The molecule has 0 heterocycles. The van der Waals surface area contributed by atoms with Crippen LogP contribution in [0.1, 0.15) is 5.56 Å². The number of hydrogen-bond donors (Lipinski definition) is 1. The van der Waals surface area contributed by atoms with E-state index >= 15 is 0 Å². The first-order valence-electron chi connectivity index (χ1n) is 6.04. The fourth-order valence-electron chi connectivity index (χ4n) is 1.81. The highest BCUT2D eigenvalue weighted by atomic mass is 19.1. The molecular weight excluding hydrogens is 279 g/mol. The van der Waals surface area contributed by atoms with Crippen LogP contribution in [0.3, 0.4) is 0 Å². The number of methoxy groups -OCH3 is 1. The van der Waals surface area contributed by atoms with Gasteiger partial charge in [0, 0.05) is 24.2 Å². The summed E-state index contributed by atoms with van der Waals surface area (Å²) in [5.74, 6) is -0.0460. The van der Waals surface area contributed by atoms with Gasteiger partial charge in [-0.05, 0) is 18.2 Å². The van der Waals surface area contributed by atoms with E-state index in [2.05, 4.69) is 0 Å². The molecule has 2 N–H and O–H groups in total. The molecule has 0 saturated carbocycles. The number of nitrogens with zero attached hydrogens (tertiary/aromatic N) is 1. The van der Waals surface area contributed by atoms with Gasteiger partial charge in [0.1, 0.15) is 17.3 Å². The van der Waals surface area contributed by atoms with Gasteiger partial charge in [-0.2, -0.15) is 0 Å². The van der Waals surface area contributed by atoms with Crippen molar-refractivity contribution in [1.82, 2.24) is 0 Å². The average Bonchev–Trinajstić information content (AvgIpc) is 2.47. The highest BCUT2D eigenvalue weighted by molar-refractivity contribution is 5.53. The number of nitro groups is 1. The Morgan fingerprint density at radius 1 is 1.29 bits per heavy atom. The maximum atomic E-state index is 13.6. The lowest BCUT2D eigenvalue weighted by Crippen LogP contribution is -2.03. The van der Waals surface area contributed by atoms with E-state index < -0.39 is 10.7 Å². The Labute approximate surface area is 120 Å². The van der Waals surface area contributed by atoms with Crippen LogP contribution >= 0.6 is 0 Å². The molecule has 0 aromatic heterocycles.